The second kappa shape index (κ2) is 4.89. The smallest absolute Gasteiger partial charge is 0.169 e. The number of aromatic amines is 1. The minimum atomic E-state index is -0.397. The van der Waals surface area contributed by atoms with E-state index in [0.717, 1.165) is 0 Å². The number of aromatic nitrogens is 1. The average molecular weight is 271 g/mol. The number of hydrogen-bond donors (Lipinski definition) is 1. The van der Waals surface area contributed by atoms with Crippen LogP contribution in [0.1, 0.15) is 15.9 Å². The molecule has 0 radical (unpaired) electrons. The van der Waals surface area contributed by atoms with Crippen molar-refractivity contribution in [2.24, 2.45) is 0 Å². The molecule has 0 spiro atoms. The van der Waals surface area contributed by atoms with E-state index in [1.165, 1.54) is 24.4 Å². The Hall–Kier alpha value is -2.49. The molecule has 0 aliphatic heterocycles. The number of fused-ring (bicyclic) bond motifs is 1. The summed E-state index contributed by atoms with van der Waals surface area (Å²) in [5.74, 6) is -0.966. The lowest BCUT2D eigenvalue weighted by atomic mass is 10.0. The van der Waals surface area contributed by atoms with E-state index in [4.69, 9.17) is 0 Å². The number of rotatable bonds is 3. The third kappa shape index (κ3) is 2.20. The van der Waals surface area contributed by atoms with E-state index in [9.17, 15) is 13.6 Å². The van der Waals surface area contributed by atoms with E-state index in [0.29, 0.717) is 22.0 Å². The maximum absolute atomic E-state index is 13.5. The number of hydrogen-bond acceptors (Lipinski definition) is 1. The Balaban J connectivity index is 1.95. The summed E-state index contributed by atoms with van der Waals surface area (Å²) in [6.45, 7) is 0. The van der Waals surface area contributed by atoms with E-state index in [1.807, 2.05) is 0 Å². The van der Waals surface area contributed by atoms with Crippen LogP contribution in [0.25, 0.3) is 10.9 Å². The lowest BCUT2D eigenvalue weighted by Gasteiger charge is -2.02. The molecule has 1 N–H and O–H groups in total. The third-order valence-electron chi connectivity index (χ3n) is 3.25. The first-order valence-electron chi connectivity index (χ1n) is 6.18. The largest absolute Gasteiger partial charge is 0.360 e. The van der Waals surface area contributed by atoms with Gasteiger partial charge in [-0.3, -0.25) is 4.79 Å². The van der Waals surface area contributed by atoms with Crippen molar-refractivity contribution in [2.75, 3.05) is 0 Å². The first-order valence-corrected chi connectivity index (χ1v) is 6.18. The Kier molecular flexibility index (Phi) is 3.06. The molecule has 0 unspecified atom stereocenters. The van der Waals surface area contributed by atoms with Gasteiger partial charge in [-0.15, -0.1) is 0 Å². The standard InChI is InChI=1S/C16H11F2NO/c17-11-5-6-12-13(9-19-15(12)8-11)16(20)7-10-3-1-2-4-14(10)18/h1-6,8-9,19H,7H2. The summed E-state index contributed by atoms with van der Waals surface area (Å²) in [5.41, 5.74) is 1.36. The first kappa shape index (κ1) is 12.5. The minimum Gasteiger partial charge on any atom is -0.360 e. The van der Waals surface area contributed by atoms with Gasteiger partial charge in [-0.25, -0.2) is 8.78 Å². The average Bonchev–Trinajstić information content (AvgIpc) is 2.84. The van der Waals surface area contributed by atoms with Crippen molar-refractivity contribution >= 4 is 16.7 Å². The summed E-state index contributed by atoms with van der Waals surface area (Å²) in [5, 5.41) is 0.646. The van der Waals surface area contributed by atoms with Crippen LogP contribution in [0.15, 0.2) is 48.7 Å². The summed E-state index contributed by atoms with van der Waals surface area (Å²) >= 11 is 0. The molecule has 0 amide bonds. The molecule has 0 aliphatic carbocycles. The highest BCUT2D eigenvalue weighted by Gasteiger charge is 2.14. The normalized spacial score (nSPS) is 10.9. The highest BCUT2D eigenvalue weighted by molar-refractivity contribution is 6.08. The topological polar surface area (TPSA) is 32.9 Å². The minimum absolute atomic E-state index is 0.0169. The van der Waals surface area contributed by atoms with Crippen LogP contribution in [0.4, 0.5) is 8.78 Å². The van der Waals surface area contributed by atoms with Crippen LogP contribution >= 0.6 is 0 Å². The van der Waals surface area contributed by atoms with Crippen LogP contribution in [-0.2, 0) is 6.42 Å². The third-order valence-corrected chi connectivity index (χ3v) is 3.25. The molecule has 0 fully saturated rings. The Bertz CT molecular complexity index is 792. The molecule has 20 heavy (non-hydrogen) atoms. The van der Waals surface area contributed by atoms with Gasteiger partial charge in [0.1, 0.15) is 11.6 Å². The Labute approximate surface area is 114 Å². The number of Topliss-reactive ketones (excluding diaryl/α,β-unsaturated/α-hetero) is 1. The molecule has 100 valence electrons. The van der Waals surface area contributed by atoms with Gasteiger partial charge in [-0.2, -0.15) is 0 Å². The summed E-state index contributed by atoms with van der Waals surface area (Å²) < 4.78 is 26.6. The predicted octanol–water partition coefficient (Wildman–Crippen LogP) is 3.87. The zero-order valence-electron chi connectivity index (χ0n) is 10.5. The van der Waals surface area contributed by atoms with E-state index in [-0.39, 0.29) is 18.0 Å². The lowest BCUT2D eigenvalue weighted by Crippen LogP contribution is -2.04. The summed E-state index contributed by atoms with van der Waals surface area (Å²) in [4.78, 5) is 15.1. The number of carbonyl (C=O) groups is 1. The molecular weight excluding hydrogens is 260 g/mol. The van der Waals surface area contributed by atoms with Crippen LogP contribution < -0.4 is 0 Å². The molecule has 0 bridgehead atoms. The maximum Gasteiger partial charge on any atom is 0.169 e. The number of carbonyl (C=O) groups excluding carboxylic acids is 1. The number of H-pyrrole nitrogens is 1. The predicted molar refractivity (Wildman–Crippen MR) is 72.7 cm³/mol. The quantitative estimate of drug-likeness (QED) is 0.721. The van der Waals surface area contributed by atoms with Gasteiger partial charge in [0, 0.05) is 29.1 Å². The molecule has 1 heterocycles. The molecule has 0 saturated heterocycles. The number of ketones is 1. The van der Waals surface area contributed by atoms with Crippen LogP contribution in [-0.4, -0.2) is 10.8 Å². The van der Waals surface area contributed by atoms with Gasteiger partial charge < -0.3 is 4.98 Å². The molecule has 0 aliphatic rings. The van der Waals surface area contributed by atoms with E-state index >= 15 is 0 Å². The monoisotopic (exact) mass is 271 g/mol. The fraction of sp³-hybridized carbons (Fsp3) is 0.0625. The van der Waals surface area contributed by atoms with Gasteiger partial charge in [0.15, 0.2) is 5.78 Å². The molecular formula is C16H11F2NO. The molecule has 4 heteroatoms. The van der Waals surface area contributed by atoms with Crippen molar-refractivity contribution in [2.45, 2.75) is 6.42 Å². The Morgan fingerprint density at radius 1 is 1.10 bits per heavy atom. The number of nitrogens with one attached hydrogen (secondary N) is 1. The summed E-state index contributed by atoms with van der Waals surface area (Å²) in [6, 6.07) is 10.4. The second-order valence-electron chi connectivity index (χ2n) is 4.58. The van der Waals surface area contributed by atoms with Crippen molar-refractivity contribution in [3.05, 3.63) is 71.4 Å². The van der Waals surface area contributed by atoms with Crippen molar-refractivity contribution in [1.29, 1.82) is 0 Å². The fourth-order valence-electron chi connectivity index (χ4n) is 2.24. The molecule has 3 aromatic rings. The Morgan fingerprint density at radius 3 is 2.70 bits per heavy atom. The van der Waals surface area contributed by atoms with Gasteiger partial charge in [0.05, 0.1) is 0 Å². The Morgan fingerprint density at radius 2 is 1.90 bits per heavy atom. The van der Waals surface area contributed by atoms with Crippen LogP contribution in [0.2, 0.25) is 0 Å². The molecule has 2 nitrogen and oxygen atoms in total. The first-order chi connectivity index (χ1) is 9.65. The van der Waals surface area contributed by atoms with Gasteiger partial charge in [-0.05, 0) is 29.8 Å². The zero-order chi connectivity index (χ0) is 14.1. The van der Waals surface area contributed by atoms with Crippen molar-refractivity contribution in [1.82, 2.24) is 4.98 Å². The van der Waals surface area contributed by atoms with Gasteiger partial charge in [0.25, 0.3) is 0 Å². The lowest BCUT2D eigenvalue weighted by molar-refractivity contribution is 0.0993. The molecule has 0 atom stereocenters. The highest BCUT2D eigenvalue weighted by Crippen LogP contribution is 2.21. The maximum atomic E-state index is 13.5. The van der Waals surface area contributed by atoms with E-state index < -0.39 is 5.82 Å². The summed E-state index contributed by atoms with van der Waals surface area (Å²) in [6.07, 6.45) is 1.52. The van der Waals surface area contributed by atoms with E-state index in [1.54, 1.807) is 24.3 Å². The van der Waals surface area contributed by atoms with Crippen LogP contribution in [0.5, 0.6) is 0 Å². The van der Waals surface area contributed by atoms with Crippen molar-refractivity contribution < 1.29 is 13.6 Å². The molecule has 2 aromatic carbocycles. The van der Waals surface area contributed by atoms with Gasteiger partial charge >= 0.3 is 0 Å². The van der Waals surface area contributed by atoms with Gasteiger partial charge in [-0.1, -0.05) is 18.2 Å². The zero-order valence-corrected chi connectivity index (χ0v) is 10.5. The number of halogens is 2. The van der Waals surface area contributed by atoms with E-state index in [2.05, 4.69) is 4.98 Å². The summed E-state index contributed by atoms with van der Waals surface area (Å²) in [7, 11) is 0. The van der Waals surface area contributed by atoms with Crippen LogP contribution in [0, 0.1) is 11.6 Å². The second-order valence-corrected chi connectivity index (χ2v) is 4.58. The van der Waals surface area contributed by atoms with Crippen LogP contribution in [0.3, 0.4) is 0 Å². The highest BCUT2D eigenvalue weighted by atomic mass is 19.1. The van der Waals surface area contributed by atoms with Crippen molar-refractivity contribution in [3.8, 4) is 0 Å². The molecule has 3 rings (SSSR count). The number of benzene rings is 2. The van der Waals surface area contributed by atoms with Crippen molar-refractivity contribution in [3.63, 3.8) is 0 Å². The molecule has 1 aromatic heterocycles. The van der Waals surface area contributed by atoms with Gasteiger partial charge in [0.2, 0.25) is 0 Å². The fourth-order valence-corrected chi connectivity index (χ4v) is 2.24. The SMILES string of the molecule is O=C(Cc1ccccc1F)c1c[nH]c2cc(F)ccc12. The molecule has 0 saturated carbocycles.